The Morgan fingerprint density at radius 1 is 1.30 bits per heavy atom. The number of hydrogen-bond donors (Lipinski definition) is 2. The molecule has 0 aliphatic heterocycles. The van der Waals surface area contributed by atoms with Gasteiger partial charge >= 0.3 is 0 Å². The zero-order valence-electron chi connectivity index (χ0n) is 11.4. The van der Waals surface area contributed by atoms with Crippen LogP contribution < -0.4 is 10.3 Å². The van der Waals surface area contributed by atoms with E-state index in [4.69, 9.17) is 9.84 Å². The molecule has 1 heterocycles. The van der Waals surface area contributed by atoms with Gasteiger partial charge in [0.2, 0.25) is 0 Å². The van der Waals surface area contributed by atoms with Gasteiger partial charge in [-0.1, -0.05) is 13.3 Å². The van der Waals surface area contributed by atoms with E-state index in [2.05, 4.69) is 17.1 Å². The maximum absolute atomic E-state index is 11.3. The first kappa shape index (κ1) is 14.3. The molecule has 2 rings (SSSR count). The third-order valence-electron chi connectivity index (χ3n) is 2.97. The van der Waals surface area contributed by atoms with Crippen molar-refractivity contribution in [1.29, 1.82) is 0 Å². The zero-order chi connectivity index (χ0) is 14.4. The number of aliphatic hydroxyl groups is 1. The van der Waals surface area contributed by atoms with Crippen molar-refractivity contribution < 1.29 is 9.84 Å². The third-order valence-corrected chi connectivity index (χ3v) is 2.97. The zero-order valence-corrected chi connectivity index (χ0v) is 11.4. The number of nitrogens with one attached hydrogen (secondary N) is 1. The maximum Gasteiger partial charge on any atom is 0.269 e. The van der Waals surface area contributed by atoms with Crippen LogP contribution in [0.15, 0.2) is 35.1 Å². The van der Waals surface area contributed by atoms with Crippen LogP contribution in [0.25, 0.3) is 11.3 Å². The van der Waals surface area contributed by atoms with Crippen LogP contribution in [-0.4, -0.2) is 21.9 Å². The number of aromatic nitrogens is 2. The summed E-state index contributed by atoms with van der Waals surface area (Å²) >= 11 is 0. The van der Waals surface area contributed by atoms with Gasteiger partial charge in [-0.2, -0.15) is 5.10 Å². The average Bonchev–Trinajstić information content (AvgIpc) is 2.49. The topological polar surface area (TPSA) is 75.2 Å². The number of ether oxygens (including phenoxy) is 1. The van der Waals surface area contributed by atoms with E-state index in [9.17, 15) is 4.79 Å². The number of aliphatic hydroxyl groups excluding tert-OH is 1. The predicted octanol–water partition coefficient (Wildman–Crippen LogP) is 2.11. The van der Waals surface area contributed by atoms with E-state index >= 15 is 0 Å². The normalized spacial score (nSPS) is 10.5. The van der Waals surface area contributed by atoms with Gasteiger partial charge in [-0.05, 0) is 36.8 Å². The molecule has 5 nitrogen and oxygen atoms in total. The molecule has 0 radical (unpaired) electrons. The van der Waals surface area contributed by atoms with Crippen LogP contribution in [0.3, 0.4) is 0 Å². The molecule has 1 aromatic heterocycles. The van der Waals surface area contributed by atoms with E-state index in [1.54, 1.807) is 6.07 Å². The molecule has 0 bridgehead atoms. The monoisotopic (exact) mass is 274 g/mol. The molecule has 0 atom stereocenters. The fraction of sp³-hybridized carbons (Fsp3) is 0.333. The van der Waals surface area contributed by atoms with Crippen molar-refractivity contribution in [2.45, 2.75) is 26.4 Å². The molecule has 0 unspecified atom stereocenters. The van der Waals surface area contributed by atoms with E-state index < -0.39 is 0 Å². The molecule has 106 valence electrons. The minimum absolute atomic E-state index is 0.303. The molecule has 0 fully saturated rings. The molecular weight excluding hydrogens is 256 g/mol. The van der Waals surface area contributed by atoms with Crippen LogP contribution in [0.5, 0.6) is 5.75 Å². The van der Waals surface area contributed by atoms with Gasteiger partial charge in [0, 0.05) is 11.1 Å². The fourth-order valence-electron chi connectivity index (χ4n) is 1.77. The van der Waals surface area contributed by atoms with E-state index in [0.29, 0.717) is 17.9 Å². The summed E-state index contributed by atoms with van der Waals surface area (Å²) in [5.74, 6) is 0.814. The van der Waals surface area contributed by atoms with Gasteiger partial charge in [-0.3, -0.25) is 4.79 Å². The molecule has 0 aliphatic carbocycles. The largest absolute Gasteiger partial charge is 0.494 e. The second kappa shape index (κ2) is 6.86. The van der Waals surface area contributed by atoms with Crippen molar-refractivity contribution in [3.05, 3.63) is 46.2 Å². The Morgan fingerprint density at radius 2 is 2.05 bits per heavy atom. The second-order valence-corrected chi connectivity index (χ2v) is 4.49. The van der Waals surface area contributed by atoms with Gasteiger partial charge in [0.1, 0.15) is 5.75 Å². The lowest BCUT2D eigenvalue weighted by molar-refractivity contribution is 0.280. The van der Waals surface area contributed by atoms with Gasteiger partial charge in [0.15, 0.2) is 0 Å². The van der Waals surface area contributed by atoms with E-state index in [0.717, 1.165) is 24.2 Å². The molecule has 0 saturated carbocycles. The van der Waals surface area contributed by atoms with Gasteiger partial charge in [-0.15, -0.1) is 0 Å². The van der Waals surface area contributed by atoms with Crippen molar-refractivity contribution in [2.24, 2.45) is 0 Å². The summed E-state index contributed by atoms with van der Waals surface area (Å²) < 4.78 is 5.58. The smallest absolute Gasteiger partial charge is 0.269 e. The summed E-state index contributed by atoms with van der Waals surface area (Å²) in [7, 11) is 0. The second-order valence-electron chi connectivity index (χ2n) is 4.49. The summed E-state index contributed by atoms with van der Waals surface area (Å²) in [6.07, 6.45) is 2.13. The Kier molecular flexibility index (Phi) is 4.90. The van der Waals surface area contributed by atoms with Crippen molar-refractivity contribution in [1.82, 2.24) is 10.2 Å². The molecule has 2 aromatic rings. The lowest BCUT2D eigenvalue weighted by Crippen LogP contribution is -2.14. The van der Waals surface area contributed by atoms with Gasteiger partial charge in [0.05, 0.1) is 18.9 Å². The summed E-state index contributed by atoms with van der Waals surface area (Å²) in [6.45, 7) is 2.53. The molecule has 2 N–H and O–H groups in total. The van der Waals surface area contributed by atoms with Crippen molar-refractivity contribution >= 4 is 0 Å². The predicted molar refractivity (Wildman–Crippen MR) is 76.6 cm³/mol. The van der Waals surface area contributed by atoms with Crippen LogP contribution in [0.1, 0.15) is 25.3 Å². The highest BCUT2D eigenvalue weighted by molar-refractivity contribution is 5.60. The highest BCUT2D eigenvalue weighted by atomic mass is 16.5. The summed E-state index contributed by atoms with van der Waals surface area (Å²) in [4.78, 5) is 11.3. The first-order valence-corrected chi connectivity index (χ1v) is 6.67. The number of benzene rings is 1. The molecule has 1 aromatic carbocycles. The first-order valence-electron chi connectivity index (χ1n) is 6.67. The standard InChI is InChI=1S/C15H18N2O3/c1-2-3-8-20-13-6-4-11(5-7-13)14-9-12(10-18)15(19)17-16-14/h4-7,9,18H,2-3,8,10H2,1H3,(H,17,19). The van der Waals surface area contributed by atoms with Crippen LogP contribution in [0.4, 0.5) is 0 Å². The van der Waals surface area contributed by atoms with Crippen molar-refractivity contribution in [3.8, 4) is 17.0 Å². The minimum atomic E-state index is -0.365. The number of unbranched alkanes of at least 4 members (excludes halogenated alkanes) is 1. The highest BCUT2D eigenvalue weighted by Gasteiger charge is 2.05. The quantitative estimate of drug-likeness (QED) is 0.791. The molecular formula is C15H18N2O3. The minimum Gasteiger partial charge on any atom is -0.494 e. The highest BCUT2D eigenvalue weighted by Crippen LogP contribution is 2.20. The number of nitrogens with zero attached hydrogens (tertiary/aromatic N) is 1. The van der Waals surface area contributed by atoms with Crippen LogP contribution >= 0.6 is 0 Å². The lowest BCUT2D eigenvalue weighted by Gasteiger charge is -2.06. The molecule has 0 spiro atoms. The van der Waals surface area contributed by atoms with Gasteiger partial charge in [-0.25, -0.2) is 5.10 Å². The van der Waals surface area contributed by atoms with Crippen LogP contribution in [-0.2, 0) is 6.61 Å². The fourth-order valence-corrected chi connectivity index (χ4v) is 1.77. The Bertz CT molecular complexity index is 605. The van der Waals surface area contributed by atoms with E-state index in [1.165, 1.54) is 0 Å². The molecule has 0 saturated heterocycles. The lowest BCUT2D eigenvalue weighted by atomic mass is 10.1. The summed E-state index contributed by atoms with van der Waals surface area (Å²) in [5, 5.41) is 15.4. The number of hydrogen-bond acceptors (Lipinski definition) is 4. The molecule has 20 heavy (non-hydrogen) atoms. The molecule has 0 amide bonds. The number of rotatable bonds is 6. The van der Waals surface area contributed by atoms with E-state index in [-0.39, 0.29) is 12.2 Å². The maximum atomic E-state index is 11.3. The number of aromatic amines is 1. The van der Waals surface area contributed by atoms with Crippen LogP contribution in [0.2, 0.25) is 0 Å². The summed E-state index contributed by atoms with van der Waals surface area (Å²) in [6, 6.07) is 9.09. The molecule has 5 heteroatoms. The Labute approximate surface area is 117 Å². The number of H-pyrrole nitrogens is 1. The Morgan fingerprint density at radius 3 is 2.70 bits per heavy atom. The Hall–Kier alpha value is -2.14. The van der Waals surface area contributed by atoms with E-state index in [1.807, 2.05) is 24.3 Å². The first-order chi connectivity index (χ1) is 9.74. The average molecular weight is 274 g/mol. The van der Waals surface area contributed by atoms with Gasteiger partial charge in [0.25, 0.3) is 5.56 Å². The van der Waals surface area contributed by atoms with Crippen LogP contribution in [0, 0.1) is 0 Å². The van der Waals surface area contributed by atoms with Gasteiger partial charge < -0.3 is 9.84 Å². The Balaban J connectivity index is 2.15. The summed E-state index contributed by atoms with van der Waals surface area (Å²) in [5.41, 5.74) is 1.42. The SMILES string of the molecule is CCCCOc1ccc(-c2cc(CO)c(=O)[nH]n2)cc1. The van der Waals surface area contributed by atoms with Crippen molar-refractivity contribution in [3.63, 3.8) is 0 Å². The third kappa shape index (κ3) is 3.45. The van der Waals surface area contributed by atoms with Crippen molar-refractivity contribution in [2.75, 3.05) is 6.61 Å². The molecule has 0 aliphatic rings.